The molecule has 0 spiro atoms. The molecule has 0 aromatic rings. The average Bonchev–Trinajstić information content (AvgIpc) is 2.66. The van der Waals surface area contributed by atoms with Gasteiger partial charge in [-0.3, -0.25) is 0 Å². The Morgan fingerprint density at radius 1 is 1.60 bits per heavy atom. The zero-order valence-corrected chi connectivity index (χ0v) is 8.02. The van der Waals surface area contributed by atoms with Crippen LogP contribution in [0.15, 0.2) is 0 Å². The molecule has 2 nitrogen and oxygen atoms in total. The maximum atomic E-state index is 5.72. The van der Waals surface area contributed by atoms with Crippen LogP contribution in [0.5, 0.6) is 0 Å². The van der Waals surface area contributed by atoms with Gasteiger partial charge in [0.1, 0.15) is 6.10 Å². The largest absolute Gasteiger partial charge is 0.415 e. The van der Waals surface area contributed by atoms with Gasteiger partial charge in [-0.2, -0.15) is 0 Å². The molecule has 1 fully saturated rings. The Kier molecular flexibility index (Phi) is 2.49. The van der Waals surface area contributed by atoms with Crippen LogP contribution < -0.4 is 0 Å². The van der Waals surface area contributed by atoms with E-state index in [-0.39, 0.29) is 0 Å². The van der Waals surface area contributed by atoms with Crippen molar-refractivity contribution < 1.29 is 9.16 Å². The molecule has 10 heavy (non-hydrogen) atoms. The van der Waals surface area contributed by atoms with Crippen molar-refractivity contribution in [2.45, 2.75) is 32.2 Å². The molecular formula is C7H16O2Si. The van der Waals surface area contributed by atoms with Gasteiger partial charge in [-0.05, 0) is 19.1 Å². The molecule has 0 aromatic heterocycles. The van der Waals surface area contributed by atoms with Crippen molar-refractivity contribution >= 4 is 8.32 Å². The van der Waals surface area contributed by atoms with Crippen molar-refractivity contribution in [2.24, 2.45) is 0 Å². The summed E-state index contributed by atoms with van der Waals surface area (Å²) in [6.45, 7) is 8.42. The second-order valence-electron chi connectivity index (χ2n) is 3.38. The first-order chi connectivity index (χ1) is 4.64. The molecule has 0 saturated carbocycles. The molecule has 1 aliphatic rings. The highest BCUT2D eigenvalue weighted by Crippen LogP contribution is 2.15. The fourth-order valence-corrected chi connectivity index (χ4v) is 1.43. The summed E-state index contributed by atoms with van der Waals surface area (Å²) in [5, 5.41) is 0. The third-order valence-electron chi connectivity index (χ3n) is 1.91. The van der Waals surface area contributed by atoms with Crippen LogP contribution in [0.2, 0.25) is 19.1 Å². The summed E-state index contributed by atoms with van der Waals surface area (Å²) in [6, 6.07) is 1.19. The van der Waals surface area contributed by atoms with E-state index in [9.17, 15) is 0 Å². The summed E-state index contributed by atoms with van der Waals surface area (Å²) in [5.74, 6) is 0. The minimum atomic E-state index is -1.28. The third kappa shape index (κ3) is 2.81. The van der Waals surface area contributed by atoms with Crippen molar-refractivity contribution in [3.63, 3.8) is 0 Å². The van der Waals surface area contributed by atoms with E-state index in [0.717, 1.165) is 13.2 Å². The van der Waals surface area contributed by atoms with Crippen LogP contribution in [0.4, 0.5) is 0 Å². The molecule has 3 heteroatoms. The maximum Gasteiger partial charge on any atom is 0.186 e. The third-order valence-corrected chi connectivity index (χ3v) is 4.56. The number of epoxide rings is 1. The van der Waals surface area contributed by atoms with Crippen LogP contribution >= 0.6 is 0 Å². The molecule has 0 N–H and O–H groups in total. The predicted molar refractivity (Wildman–Crippen MR) is 43.7 cm³/mol. The van der Waals surface area contributed by atoms with Crippen molar-refractivity contribution in [1.29, 1.82) is 0 Å². The molecule has 1 aliphatic heterocycles. The fourth-order valence-electron chi connectivity index (χ4n) is 0.585. The van der Waals surface area contributed by atoms with Crippen molar-refractivity contribution in [1.82, 2.24) is 0 Å². The molecule has 0 aromatic carbocycles. The number of rotatable bonds is 4. The first kappa shape index (κ1) is 8.24. The van der Waals surface area contributed by atoms with Crippen molar-refractivity contribution in [3.05, 3.63) is 0 Å². The van der Waals surface area contributed by atoms with Crippen LogP contribution in [0, 0.1) is 0 Å². The Morgan fingerprint density at radius 2 is 2.20 bits per heavy atom. The summed E-state index contributed by atoms with van der Waals surface area (Å²) in [5.41, 5.74) is 0. The van der Waals surface area contributed by atoms with E-state index in [1.165, 1.54) is 6.04 Å². The molecule has 1 heterocycles. The summed E-state index contributed by atoms with van der Waals surface area (Å²) in [7, 11) is -1.28. The standard InChI is InChI=1S/C7H16O2Si/c1-4-10(2,3)9-6-7-5-8-7/h7H,4-6H2,1-3H3. The Morgan fingerprint density at radius 3 is 2.60 bits per heavy atom. The molecule has 0 radical (unpaired) electrons. The second-order valence-corrected chi connectivity index (χ2v) is 7.89. The van der Waals surface area contributed by atoms with Gasteiger partial charge in [0.25, 0.3) is 0 Å². The Bertz CT molecular complexity index is 110. The van der Waals surface area contributed by atoms with Crippen LogP contribution in [0.25, 0.3) is 0 Å². The predicted octanol–water partition coefficient (Wildman–Crippen LogP) is 1.63. The summed E-state index contributed by atoms with van der Waals surface area (Å²) >= 11 is 0. The zero-order chi connectivity index (χ0) is 7.61. The molecule has 1 atom stereocenters. The van der Waals surface area contributed by atoms with Gasteiger partial charge < -0.3 is 9.16 Å². The van der Waals surface area contributed by atoms with Crippen molar-refractivity contribution in [3.8, 4) is 0 Å². The van der Waals surface area contributed by atoms with E-state index in [0.29, 0.717) is 6.10 Å². The number of hydrogen-bond acceptors (Lipinski definition) is 2. The van der Waals surface area contributed by atoms with Crippen LogP contribution in [-0.2, 0) is 9.16 Å². The number of hydrogen-bond donors (Lipinski definition) is 0. The maximum absolute atomic E-state index is 5.72. The monoisotopic (exact) mass is 160 g/mol. The van der Waals surface area contributed by atoms with Gasteiger partial charge >= 0.3 is 0 Å². The fraction of sp³-hybridized carbons (Fsp3) is 1.00. The molecular weight excluding hydrogens is 144 g/mol. The minimum absolute atomic E-state index is 0.429. The van der Waals surface area contributed by atoms with E-state index in [1.807, 2.05) is 0 Å². The van der Waals surface area contributed by atoms with Crippen molar-refractivity contribution in [2.75, 3.05) is 13.2 Å². The lowest BCUT2D eigenvalue weighted by atomic mass is 10.5. The van der Waals surface area contributed by atoms with Gasteiger partial charge in [0, 0.05) is 0 Å². The van der Waals surface area contributed by atoms with E-state index in [2.05, 4.69) is 20.0 Å². The quantitative estimate of drug-likeness (QED) is 0.460. The second kappa shape index (κ2) is 3.03. The molecule has 0 aliphatic carbocycles. The minimum Gasteiger partial charge on any atom is -0.415 e. The van der Waals surface area contributed by atoms with E-state index >= 15 is 0 Å². The van der Waals surface area contributed by atoms with Crippen LogP contribution in [0.3, 0.4) is 0 Å². The van der Waals surface area contributed by atoms with Gasteiger partial charge in [0.05, 0.1) is 13.2 Å². The van der Waals surface area contributed by atoms with Gasteiger partial charge in [0.15, 0.2) is 8.32 Å². The molecule has 1 unspecified atom stereocenters. The average molecular weight is 160 g/mol. The SMILES string of the molecule is CC[Si](C)(C)OCC1CO1. The molecule has 0 amide bonds. The van der Waals surface area contributed by atoms with Gasteiger partial charge in [-0.1, -0.05) is 6.92 Å². The Hall–Kier alpha value is 0.137. The van der Waals surface area contributed by atoms with Crippen LogP contribution in [-0.4, -0.2) is 27.6 Å². The summed E-state index contributed by atoms with van der Waals surface area (Å²) in [4.78, 5) is 0. The van der Waals surface area contributed by atoms with E-state index in [4.69, 9.17) is 9.16 Å². The normalized spacial score (nSPS) is 24.9. The highest BCUT2D eigenvalue weighted by molar-refractivity contribution is 6.71. The van der Waals surface area contributed by atoms with Gasteiger partial charge in [0.2, 0.25) is 0 Å². The first-order valence-electron chi connectivity index (χ1n) is 3.89. The van der Waals surface area contributed by atoms with E-state index < -0.39 is 8.32 Å². The molecule has 0 bridgehead atoms. The topological polar surface area (TPSA) is 21.8 Å². The van der Waals surface area contributed by atoms with Crippen LogP contribution in [0.1, 0.15) is 6.92 Å². The Labute approximate surface area is 63.7 Å². The zero-order valence-electron chi connectivity index (χ0n) is 7.02. The molecule has 1 rings (SSSR count). The summed E-state index contributed by atoms with van der Waals surface area (Å²) in [6.07, 6.45) is 0.429. The molecule has 1 saturated heterocycles. The lowest BCUT2D eigenvalue weighted by molar-refractivity contribution is 0.255. The van der Waals surface area contributed by atoms with E-state index in [1.54, 1.807) is 0 Å². The Balaban J connectivity index is 2.09. The molecule has 60 valence electrons. The smallest absolute Gasteiger partial charge is 0.186 e. The highest BCUT2D eigenvalue weighted by atomic mass is 28.4. The number of ether oxygens (including phenoxy) is 1. The lowest BCUT2D eigenvalue weighted by Gasteiger charge is -2.19. The summed E-state index contributed by atoms with van der Waals surface area (Å²) < 4.78 is 10.8. The first-order valence-corrected chi connectivity index (χ1v) is 7.01. The highest BCUT2D eigenvalue weighted by Gasteiger charge is 2.27. The van der Waals surface area contributed by atoms with Gasteiger partial charge in [-0.15, -0.1) is 0 Å². The lowest BCUT2D eigenvalue weighted by Crippen LogP contribution is -2.30. The van der Waals surface area contributed by atoms with Gasteiger partial charge in [-0.25, -0.2) is 0 Å².